The van der Waals surface area contributed by atoms with Gasteiger partial charge in [0.15, 0.2) is 0 Å². The fourth-order valence-electron chi connectivity index (χ4n) is 1.04. The smallest absolute Gasteiger partial charge is 0.126 e. The van der Waals surface area contributed by atoms with E-state index in [0.29, 0.717) is 17.1 Å². The van der Waals surface area contributed by atoms with Crippen molar-refractivity contribution < 1.29 is 4.39 Å². The number of aromatic nitrogens is 3. The molecule has 0 aliphatic carbocycles. The van der Waals surface area contributed by atoms with Gasteiger partial charge in [-0.3, -0.25) is 10.1 Å². The van der Waals surface area contributed by atoms with Crippen LogP contribution in [0.5, 0.6) is 0 Å². The van der Waals surface area contributed by atoms with E-state index >= 15 is 0 Å². The average molecular weight is 178 g/mol. The minimum atomic E-state index is -0.348. The molecule has 0 radical (unpaired) electrons. The first kappa shape index (κ1) is 7.72. The summed E-state index contributed by atoms with van der Waals surface area (Å²) in [6.45, 7) is 0. The van der Waals surface area contributed by atoms with Crippen molar-refractivity contribution in [3.05, 3.63) is 30.3 Å². The molecule has 0 unspecified atom stereocenters. The molecule has 0 fully saturated rings. The molecule has 0 amide bonds. The third-order valence-corrected chi connectivity index (χ3v) is 1.65. The summed E-state index contributed by atoms with van der Waals surface area (Å²) >= 11 is 0. The van der Waals surface area contributed by atoms with Gasteiger partial charge < -0.3 is 5.73 Å². The van der Waals surface area contributed by atoms with Gasteiger partial charge in [-0.2, -0.15) is 5.10 Å². The Morgan fingerprint density at radius 2 is 2.31 bits per heavy atom. The number of hydrogen-bond acceptors (Lipinski definition) is 3. The first-order chi connectivity index (χ1) is 6.27. The molecule has 2 aromatic heterocycles. The molecule has 5 heteroatoms. The number of anilines is 1. The van der Waals surface area contributed by atoms with Gasteiger partial charge in [0.2, 0.25) is 0 Å². The normalized spacial score (nSPS) is 10.2. The molecule has 4 nitrogen and oxygen atoms in total. The highest BCUT2D eigenvalue weighted by Crippen LogP contribution is 2.20. The second-order valence-corrected chi connectivity index (χ2v) is 2.56. The maximum atomic E-state index is 12.8. The van der Waals surface area contributed by atoms with Crippen molar-refractivity contribution in [3.8, 4) is 11.4 Å². The third-order valence-electron chi connectivity index (χ3n) is 1.65. The van der Waals surface area contributed by atoms with Crippen molar-refractivity contribution in [2.24, 2.45) is 0 Å². The van der Waals surface area contributed by atoms with Crippen molar-refractivity contribution in [3.63, 3.8) is 0 Å². The zero-order chi connectivity index (χ0) is 9.26. The number of aromatic amines is 1. The number of nitrogens with zero attached hydrogens (tertiary/aromatic N) is 2. The van der Waals surface area contributed by atoms with Gasteiger partial charge in [-0.1, -0.05) is 0 Å². The lowest BCUT2D eigenvalue weighted by Crippen LogP contribution is -1.90. The van der Waals surface area contributed by atoms with Crippen LogP contribution in [0.15, 0.2) is 24.5 Å². The molecule has 0 aromatic carbocycles. The monoisotopic (exact) mass is 178 g/mol. The molecule has 66 valence electrons. The van der Waals surface area contributed by atoms with Crippen LogP contribution in [-0.2, 0) is 0 Å². The largest absolute Gasteiger partial charge is 0.396 e. The molecule has 13 heavy (non-hydrogen) atoms. The number of pyridine rings is 1. The van der Waals surface area contributed by atoms with Crippen LogP contribution in [0.25, 0.3) is 11.4 Å². The van der Waals surface area contributed by atoms with E-state index in [4.69, 9.17) is 5.73 Å². The number of nitrogens with two attached hydrogens (primary N) is 1. The lowest BCUT2D eigenvalue weighted by atomic mass is 10.2. The number of rotatable bonds is 1. The van der Waals surface area contributed by atoms with Crippen LogP contribution in [0.2, 0.25) is 0 Å². The molecule has 2 aromatic rings. The standard InChI is InChI=1S/C8H7FN4/c9-5-1-2-11-7(3-5)8-6(10)4-12-13-8/h1-4H,10H2,(H,12,13). The second kappa shape index (κ2) is 2.85. The van der Waals surface area contributed by atoms with E-state index in [1.54, 1.807) is 0 Å². The van der Waals surface area contributed by atoms with Crippen LogP contribution in [-0.4, -0.2) is 15.2 Å². The number of H-pyrrole nitrogens is 1. The predicted octanol–water partition coefficient (Wildman–Crippen LogP) is 1.19. The molecular formula is C8H7FN4. The molecule has 0 saturated heterocycles. The number of nitrogens with one attached hydrogen (secondary N) is 1. The summed E-state index contributed by atoms with van der Waals surface area (Å²) in [6, 6.07) is 2.57. The lowest BCUT2D eigenvalue weighted by Gasteiger charge is -1.97. The van der Waals surface area contributed by atoms with Gasteiger partial charge in [0, 0.05) is 12.3 Å². The zero-order valence-electron chi connectivity index (χ0n) is 6.66. The van der Waals surface area contributed by atoms with Gasteiger partial charge in [-0.15, -0.1) is 0 Å². The van der Waals surface area contributed by atoms with Crippen molar-refractivity contribution in [2.75, 3.05) is 5.73 Å². The molecule has 0 aliphatic rings. The van der Waals surface area contributed by atoms with E-state index in [0.717, 1.165) is 0 Å². The van der Waals surface area contributed by atoms with E-state index in [1.807, 2.05) is 0 Å². The molecule has 3 N–H and O–H groups in total. The van der Waals surface area contributed by atoms with Gasteiger partial charge in [0.05, 0.1) is 17.6 Å². The summed E-state index contributed by atoms with van der Waals surface area (Å²) in [5.41, 5.74) is 7.02. The zero-order valence-corrected chi connectivity index (χ0v) is 6.66. The van der Waals surface area contributed by atoms with Gasteiger partial charge >= 0.3 is 0 Å². The quantitative estimate of drug-likeness (QED) is 0.689. The van der Waals surface area contributed by atoms with Crippen molar-refractivity contribution in [1.82, 2.24) is 15.2 Å². The predicted molar refractivity (Wildman–Crippen MR) is 46.2 cm³/mol. The summed E-state index contributed by atoms with van der Waals surface area (Å²) in [6.07, 6.45) is 2.84. The van der Waals surface area contributed by atoms with Crippen LogP contribution in [0.1, 0.15) is 0 Å². The summed E-state index contributed by atoms with van der Waals surface area (Å²) in [5.74, 6) is -0.348. The Morgan fingerprint density at radius 1 is 1.46 bits per heavy atom. The first-order valence-electron chi connectivity index (χ1n) is 3.68. The molecule has 0 atom stereocenters. The van der Waals surface area contributed by atoms with Crippen LogP contribution < -0.4 is 5.73 Å². The molecule has 0 saturated carbocycles. The number of nitrogen functional groups attached to an aromatic ring is 1. The minimum absolute atomic E-state index is 0.348. The van der Waals surface area contributed by atoms with Crippen LogP contribution in [0, 0.1) is 5.82 Å². The fourth-order valence-corrected chi connectivity index (χ4v) is 1.04. The highest BCUT2D eigenvalue weighted by Gasteiger charge is 2.05. The maximum Gasteiger partial charge on any atom is 0.126 e. The van der Waals surface area contributed by atoms with Crippen molar-refractivity contribution in [1.29, 1.82) is 0 Å². The molecular weight excluding hydrogens is 171 g/mol. The van der Waals surface area contributed by atoms with Gasteiger partial charge in [-0.25, -0.2) is 4.39 Å². The molecule has 0 bridgehead atoms. The number of halogens is 1. The van der Waals surface area contributed by atoms with E-state index in [-0.39, 0.29) is 5.82 Å². The van der Waals surface area contributed by atoms with E-state index in [9.17, 15) is 4.39 Å². The molecule has 2 rings (SSSR count). The Morgan fingerprint density at radius 3 is 2.92 bits per heavy atom. The summed E-state index contributed by atoms with van der Waals surface area (Å²) in [4.78, 5) is 3.95. The maximum absolute atomic E-state index is 12.8. The Hall–Kier alpha value is -1.91. The molecule has 2 heterocycles. The van der Waals surface area contributed by atoms with Gasteiger partial charge in [0.1, 0.15) is 11.5 Å². The van der Waals surface area contributed by atoms with Gasteiger partial charge in [0.25, 0.3) is 0 Å². The number of hydrogen-bond donors (Lipinski definition) is 2. The molecule has 0 spiro atoms. The Bertz CT molecular complexity index is 424. The van der Waals surface area contributed by atoms with Crippen LogP contribution in [0.3, 0.4) is 0 Å². The van der Waals surface area contributed by atoms with Crippen LogP contribution in [0.4, 0.5) is 10.1 Å². The molecule has 0 aliphatic heterocycles. The minimum Gasteiger partial charge on any atom is -0.396 e. The van der Waals surface area contributed by atoms with Crippen LogP contribution >= 0.6 is 0 Å². The Kier molecular flexibility index (Phi) is 1.70. The third kappa shape index (κ3) is 1.35. The highest BCUT2D eigenvalue weighted by atomic mass is 19.1. The first-order valence-corrected chi connectivity index (χ1v) is 3.68. The Balaban J connectivity index is 2.53. The van der Waals surface area contributed by atoms with E-state index in [1.165, 1.54) is 24.5 Å². The second-order valence-electron chi connectivity index (χ2n) is 2.56. The summed E-state index contributed by atoms with van der Waals surface area (Å²) in [7, 11) is 0. The summed E-state index contributed by atoms with van der Waals surface area (Å²) in [5, 5.41) is 6.36. The SMILES string of the molecule is Nc1cn[nH]c1-c1cc(F)ccn1. The van der Waals surface area contributed by atoms with Gasteiger partial charge in [-0.05, 0) is 6.07 Å². The van der Waals surface area contributed by atoms with Crippen molar-refractivity contribution >= 4 is 5.69 Å². The summed E-state index contributed by atoms with van der Waals surface area (Å²) < 4.78 is 12.8. The fraction of sp³-hybridized carbons (Fsp3) is 0. The Labute approximate surface area is 73.6 Å². The van der Waals surface area contributed by atoms with E-state index < -0.39 is 0 Å². The lowest BCUT2D eigenvalue weighted by molar-refractivity contribution is 0.626. The van der Waals surface area contributed by atoms with E-state index in [2.05, 4.69) is 15.2 Å². The average Bonchev–Trinajstić information content (AvgIpc) is 2.51. The highest BCUT2D eigenvalue weighted by molar-refractivity contribution is 5.68. The topological polar surface area (TPSA) is 67.6 Å². The van der Waals surface area contributed by atoms with Crippen molar-refractivity contribution in [2.45, 2.75) is 0 Å².